The highest BCUT2D eigenvalue weighted by Gasteiger charge is 2.44. The SMILES string of the molecule is COc1ccc2c(c1)C(NC(=O)[C@@H](Cc1ccccc1)NC(=O)OC(C)(C)C)CC1(CCN(CCc3ccc(C#N)cc3)CC1)O2. The van der Waals surface area contributed by atoms with E-state index in [0.717, 1.165) is 55.8 Å². The Kier molecular flexibility index (Phi) is 10.2. The van der Waals surface area contributed by atoms with E-state index in [2.05, 4.69) is 21.6 Å². The molecule has 9 heteroatoms. The molecule has 1 fully saturated rings. The monoisotopic (exact) mass is 624 g/mol. The van der Waals surface area contributed by atoms with Gasteiger partial charge in [0.15, 0.2) is 0 Å². The summed E-state index contributed by atoms with van der Waals surface area (Å²) in [6.07, 6.45) is 2.84. The topological polar surface area (TPSA) is 113 Å². The van der Waals surface area contributed by atoms with Crippen LogP contribution in [0.4, 0.5) is 4.79 Å². The van der Waals surface area contributed by atoms with E-state index < -0.39 is 23.3 Å². The number of alkyl carbamates (subject to hydrolysis) is 1. The summed E-state index contributed by atoms with van der Waals surface area (Å²) < 4.78 is 17.8. The number of amides is 2. The number of nitrogens with zero attached hydrogens (tertiary/aromatic N) is 2. The van der Waals surface area contributed by atoms with Crippen molar-refractivity contribution in [3.8, 4) is 17.6 Å². The highest BCUT2D eigenvalue weighted by atomic mass is 16.6. The molecule has 242 valence electrons. The molecule has 2 heterocycles. The van der Waals surface area contributed by atoms with Gasteiger partial charge in [-0.2, -0.15) is 5.26 Å². The van der Waals surface area contributed by atoms with Crippen LogP contribution in [0, 0.1) is 11.3 Å². The Hall–Kier alpha value is -4.55. The summed E-state index contributed by atoms with van der Waals surface area (Å²) in [7, 11) is 1.62. The number of rotatable bonds is 9. The Morgan fingerprint density at radius 2 is 1.76 bits per heavy atom. The first-order valence-corrected chi connectivity index (χ1v) is 16.0. The van der Waals surface area contributed by atoms with Crippen molar-refractivity contribution >= 4 is 12.0 Å². The zero-order chi connectivity index (χ0) is 32.7. The predicted octanol–water partition coefficient (Wildman–Crippen LogP) is 5.72. The Morgan fingerprint density at radius 3 is 2.41 bits per heavy atom. The first kappa shape index (κ1) is 32.8. The Balaban J connectivity index is 1.30. The van der Waals surface area contributed by atoms with Gasteiger partial charge in [0.25, 0.3) is 0 Å². The van der Waals surface area contributed by atoms with Crippen LogP contribution in [0.2, 0.25) is 0 Å². The van der Waals surface area contributed by atoms with Crippen LogP contribution in [0.15, 0.2) is 72.8 Å². The van der Waals surface area contributed by atoms with Crippen LogP contribution in [0.3, 0.4) is 0 Å². The van der Waals surface area contributed by atoms with Crippen molar-refractivity contribution in [1.29, 1.82) is 5.26 Å². The minimum atomic E-state index is -0.839. The minimum Gasteiger partial charge on any atom is -0.497 e. The predicted molar refractivity (Wildman–Crippen MR) is 176 cm³/mol. The van der Waals surface area contributed by atoms with Gasteiger partial charge in [-0.05, 0) is 81.5 Å². The number of fused-ring (bicyclic) bond motifs is 1. The van der Waals surface area contributed by atoms with Gasteiger partial charge in [-0.15, -0.1) is 0 Å². The fraction of sp³-hybridized carbons (Fsp3) is 0.432. The van der Waals surface area contributed by atoms with E-state index in [-0.39, 0.29) is 11.9 Å². The number of benzene rings is 3. The third-order valence-electron chi connectivity index (χ3n) is 8.67. The number of carbonyl (C=O) groups excluding carboxylic acids is 2. The van der Waals surface area contributed by atoms with Crippen LogP contribution in [-0.2, 0) is 22.4 Å². The molecule has 0 bridgehead atoms. The summed E-state index contributed by atoms with van der Waals surface area (Å²) in [6, 6.07) is 24.1. The van der Waals surface area contributed by atoms with Crippen molar-refractivity contribution in [1.82, 2.24) is 15.5 Å². The van der Waals surface area contributed by atoms with E-state index >= 15 is 0 Å². The van der Waals surface area contributed by atoms with Crippen molar-refractivity contribution in [2.75, 3.05) is 26.7 Å². The van der Waals surface area contributed by atoms with Crippen LogP contribution in [0.1, 0.15) is 68.3 Å². The van der Waals surface area contributed by atoms with E-state index in [1.807, 2.05) is 72.8 Å². The van der Waals surface area contributed by atoms with Crippen molar-refractivity contribution < 1.29 is 23.8 Å². The number of piperidine rings is 1. The van der Waals surface area contributed by atoms with Gasteiger partial charge in [0.1, 0.15) is 28.7 Å². The molecular formula is C37H44N4O5. The third kappa shape index (κ3) is 8.58. The fourth-order valence-corrected chi connectivity index (χ4v) is 6.21. The van der Waals surface area contributed by atoms with E-state index in [0.29, 0.717) is 24.2 Å². The molecular weight excluding hydrogens is 580 g/mol. The first-order chi connectivity index (χ1) is 22.0. The van der Waals surface area contributed by atoms with E-state index in [9.17, 15) is 9.59 Å². The number of hydrogen-bond acceptors (Lipinski definition) is 7. The van der Waals surface area contributed by atoms with Crippen LogP contribution in [0.25, 0.3) is 0 Å². The molecule has 0 aliphatic carbocycles. The number of ether oxygens (including phenoxy) is 3. The van der Waals surface area contributed by atoms with E-state index in [4.69, 9.17) is 19.5 Å². The molecule has 0 radical (unpaired) electrons. The molecule has 1 spiro atoms. The average Bonchev–Trinajstić information content (AvgIpc) is 3.04. The van der Waals surface area contributed by atoms with Crippen LogP contribution < -0.4 is 20.1 Å². The average molecular weight is 625 g/mol. The molecule has 3 aromatic carbocycles. The lowest BCUT2D eigenvalue weighted by Gasteiger charge is -2.47. The summed E-state index contributed by atoms with van der Waals surface area (Å²) in [5, 5.41) is 15.2. The Bertz CT molecular complexity index is 1540. The van der Waals surface area contributed by atoms with E-state index in [1.165, 1.54) is 5.56 Å². The molecule has 2 aliphatic rings. The van der Waals surface area contributed by atoms with Crippen molar-refractivity contribution in [3.05, 3.63) is 95.1 Å². The highest BCUT2D eigenvalue weighted by Crippen LogP contribution is 2.45. The lowest BCUT2D eigenvalue weighted by Crippen LogP contribution is -2.54. The van der Waals surface area contributed by atoms with Crippen molar-refractivity contribution in [2.24, 2.45) is 0 Å². The van der Waals surface area contributed by atoms with Gasteiger partial charge in [0.05, 0.1) is 24.8 Å². The van der Waals surface area contributed by atoms with Gasteiger partial charge >= 0.3 is 6.09 Å². The molecule has 2 aliphatic heterocycles. The number of methoxy groups -OCH3 is 1. The molecule has 0 saturated carbocycles. The molecule has 2 N–H and O–H groups in total. The zero-order valence-electron chi connectivity index (χ0n) is 27.2. The molecule has 46 heavy (non-hydrogen) atoms. The highest BCUT2D eigenvalue weighted by molar-refractivity contribution is 5.86. The summed E-state index contributed by atoms with van der Waals surface area (Å²) in [4.78, 5) is 29.3. The number of carbonyl (C=O) groups is 2. The van der Waals surface area contributed by atoms with Gasteiger partial charge in [-0.25, -0.2) is 4.79 Å². The zero-order valence-corrected chi connectivity index (χ0v) is 27.2. The lowest BCUT2D eigenvalue weighted by molar-refractivity contribution is -0.124. The maximum atomic E-state index is 14.0. The molecule has 2 atom stereocenters. The second-order valence-electron chi connectivity index (χ2n) is 13.2. The second-order valence-corrected chi connectivity index (χ2v) is 13.2. The quantitative estimate of drug-likeness (QED) is 0.313. The van der Waals surface area contributed by atoms with Gasteiger partial charge < -0.3 is 29.7 Å². The lowest BCUT2D eigenvalue weighted by atomic mass is 9.80. The first-order valence-electron chi connectivity index (χ1n) is 16.0. The van der Waals surface area contributed by atoms with Crippen molar-refractivity contribution in [3.63, 3.8) is 0 Å². The summed E-state index contributed by atoms with van der Waals surface area (Å²) in [5.41, 5.74) is 2.54. The number of nitrogens with one attached hydrogen (secondary N) is 2. The largest absolute Gasteiger partial charge is 0.497 e. The van der Waals surface area contributed by atoms with Gasteiger partial charge in [-0.1, -0.05) is 42.5 Å². The van der Waals surface area contributed by atoms with E-state index in [1.54, 1.807) is 27.9 Å². The number of likely N-dealkylation sites (tertiary alicyclic amines) is 1. The number of nitriles is 1. The third-order valence-corrected chi connectivity index (χ3v) is 8.67. The van der Waals surface area contributed by atoms with Gasteiger partial charge in [0.2, 0.25) is 5.91 Å². The maximum Gasteiger partial charge on any atom is 0.408 e. The van der Waals surface area contributed by atoms with Crippen LogP contribution in [-0.4, -0.2) is 60.9 Å². The standard InChI is InChI=1S/C37H44N4O5/c1-36(2,3)46-35(43)40-31(22-27-8-6-5-7-9-27)34(42)39-32-24-37(45-33-15-14-29(44-4)23-30(32)33)17-20-41(21-18-37)19-16-26-10-12-28(25-38)13-11-26/h5-15,23,31-32H,16-22,24H2,1-4H3,(H,39,42)(H,40,43)/t31-,32?/m1/s1. The Morgan fingerprint density at radius 1 is 1.04 bits per heavy atom. The molecule has 3 aromatic rings. The molecule has 5 rings (SSSR count). The smallest absolute Gasteiger partial charge is 0.408 e. The molecule has 1 saturated heterocycles. The van der Waals surface area contributed by atoms with Gasteiger partial charge in [-0.3, -0.25) is 4.79 Å². The van der Waals surface area contributed by atoms with Gasteiger partial charge in [0, 0.05) is 38.0 Å². The van der Waals surface area contributed by atoms with Crippen LogP contribution >= 0.6 is 0 Å². The second kappa shape index (κ2) is 14.3. The summed E-state index contributed by atoms with van der Waals surface area (Å²) in [6.45, 7) is 8.06. The molecule has 9 nitrogen and oxygen atoms in total. The Labute approximate surface area is 271 Å². The maximum absolute atomic E-state index is 14.0. The minimum absolute atomic E-state index is 0.287. The van der Waals surface area contributed by atoms with Crippen LogP contribution in [0.5, 0.6) is 11.5 Å². The molecule has 2 amide bonds. The van der Waals surface area contributed by atoms with Crippen molar-refractivity contribution in [2.45, 2.75) is 76.2 Å². The molecule has 1 unspecified atom stereocenters. The summed E-state index contributed by atoms with van der Waals surface area (Å²) >= 11 is 0. The normalized spacial score (nSPS) is 17.9. The fourth-order valence-electron chi connectivity index (χ4n) is 6.21. The number of hydrogen-bond donors (Lipinski definition) is 2. The summed E-state index contributed by atoms with van der Waals surface area (Å²) in [5.74, 6) is 1.14. The molecule has 0 aromatic heterocycles.